The molecule has 3 nitrogen and oxygen atoms in total. The van der Waals surface area contributed by atoms with Gasteiger partial charge in [-0.05, 0) is 40.1 Å². The van der Waals surface area contributed by atoms with Crippen molar-refractivity contribution in [2.45, 2.75) is 19.9 Å². The highest BCUT2D eigenvalue weighted by Crippen LogP contribution is 2.21. The van der Waals surface area contributed by atoms with Gasteiger partial charge in [0.15, 0.2) is 0 Å². The Kier molecular flexibility index (Phi) is 6.73. The molecule has 1 heterocycles. The number of hydrogen-bond acceptors (Lipinski definition) is 4. The summed E-state index contributed by atoms with van der Waals surface area (Å²) in [7, 11) is 4.12. The molecule has 1 aromatic heterocycles. The van der Waals surface area contributed by atoms with Crippen LogP contribution in [0.2, 0.25) is 0 Å². The Morgan fingerprint density at radius 2 is 2.12 bits per heavy atom. The topological polar surface area (TPSA) is 24.5 Å². The highest BCUT2D eigenvalue weighted by molar-refractivity contribution is 7.12. The summed E-state index contributed by atoms with van der Waals surface area (Å²) in [4.78, 5) is 4.90. The van der Waals surface area contributed by atoms with E-state index >= 15 is 0 Å². The van der Waals surface area contributed by atoms with E-state index < -0.39 is 0 Å². The molecule has 0 bridgehead atoms. The van der Waals surface area contributed by atoms with Gasteiger partial charge in [-0.2, -0.15) is 0 Å². The standard InChI is InChI=1S/C13H24N2OS/c1-11-5-6-13(17-11)12(2)14-7-9-16-10-8-15(3)4/h5-6,12,14H,7-10H2,1-4H3. The van der Waals surface area contributed by atoms with Gasteiger partial charge in [0.1, 0.15) is 0 Å². The van der Waals surface area contributed by atoms with Gasteiger partial charge in [-0.25, -0.2) is 0 Å². The molecule has 0 saturated heterocycles. The van der Waals surface area contributed by atoms with Crippen molar-refractivity contribution in [1.82, 2.24) is 10.2 Å². The van der Waals surface area contributed by atoms with Gasteiger partial charge in [0.05, 0.1) is 13.2 Å². The fourth-order valence-electron chi connectivity index (χ4n) is 1.48. The van der Waals surface area contributed by atoms with E-state index in [1.54, 1.807) is 0 Å². The van der Waals surface area contributed by atoms with Crippen molar-refractivity contribution in [3.8, 4) is 0 Å². The zero-order valence-electron chi connectivity index (χ0n) is 11.3. The fraction of sp³-hybridized carbons (Fsp3) is 0.692. The number of hydrogen-bond donors (Lipinski definition) is 1. The Morgan fingerprint density at radius 3 is 2.71 bits per heavy atom. The fourth-order valence-corrected chi connectivity index (χ4v) is 2.39. The van der Waals surface area contributed by atoms with Gasteiger partial charge in [-0.3, -0.25) is 0 Å². The molecule has 0 aliphatic heterocycles. The van der Waals surface area contributed by atoms with Crippen LogP contribution in [0.3, 0.4) is 0 Å². The first-order chi connectivity index (χ1) is 8.09. The van der Waals surface area contributed by atoms with Gasteiger partial charge < -0.3 is 15.0 Å². The summed E-state index contributed by atoms with van der Waals surface area (Å²) in [5, 5.41) is 3.47. The number of nitrogens with zero attached hydrogens (tertiary/aromatic N) is 1. The second-order valence-electron chi connectivity index (χ2n) is 4.54. The first-order valence-electron chi connectivity index (χ1n) is 6.12. The zero-order valence-corrected chi connectivity index (χ0v) is 12.1. The minimum atomic E-state index is 0.422. The molecule has 98 valence electrons. The van der Waals surface area contributed by atoms with Crippen LogP contribution in [0.25, 0.3) is 0 Å². The summed E-state index contributed by atoms with van der Waals surface area (Å²) in [6.45, 7) is 7.82. The summed E-state index contributed by atoms with van der Waals surface area (Å²) < 4.78 is 5.54. The van der Waals surface area contributed by atoms with Crippen LogP contribution < -0.4 is 5.32 Å². The molecule has 4 heteroatoms. The number of rotatable bonds is 8. The van der Waals surface area contributed by atoms with Crippen molar-refractivity contribution in [1.29, 1.82) is 0 Å². The lowest BCUT2D eigenvalue weighted by atomic mass is 10.3. The Morgan fingerprint density at radius 1 is 1.35 bits per heavy atom. The molecule has 0 aromatic carbocycles. The quantitative estimate of drug-likeness (QED) is 0.722. The summed E-state index contributed by atoms with van der Waals surface area (Å²) in [6.07, 6.45) is 0. The Hall–Kier alpha value is -0.420. The van der Waals surface area contributed by atoms with Crippen molar-refractivity contribution in [2.75, 3.05) is 40.4 Å². The maximum atomic E-state index is 5.54. The summed E-state index contributed by atoms with van der Waals surface area (Å²) in [5.74, 6) is 0. The third kappa shape index (κ3) is 6.17. The lowest BCUT2D eigenvalue weighted by Gasteiger charge is -2.13. The van der Waals surface area contributed by atoms with E-state index in [9.17, 15) is 0 Å². The van der Waals surface area contributed by atoms with E-state index in [0.29, 0.717) is 6.04 Å². The Bertz CT molecular complexity index is 312. The maximum absolute atomic E-state index is 5.54. The van der Waals surface area contributed by atoms with Crippen molar-refractivity contribution in [2.24, 2.45) is 0 Å². The van der Waals surface area contributed by atoms with E-state index in [2.05, 4.69) is 50.3 Å². The number of ether oxygens (including phenoxy) is 1. The first kappa shape index (κ1) is 14.6. The average Bonchev–Trinajstić information content (AvgIpc) is 2.69. The molecule has 1 atom stereocenters. The molecule has 1 aromatic rings. The monoisotopic (exact) mass is 256 g/mol. The second-order valence-corrected chi connectivity index (χ2v) is 5.86. The minimum absolute atomic E-state index is 0.422. The molecule has 17 heavy (non-hydrogen) atoms. The molecule has 0 aliphatic carbocycles. The molecule has 0 amide bonds. The van der Waals surface area contributed by atoms with Crippen LogP contribution in [0.1, 0.15) is 22.7 Å². The van der Waals surface area contributed by atoms with Crippen LogP contribution >= 0.6 is 11.3 Å². The molecular weight excluding hydrogens is 232 g/mol. The van der Waals surface area contributed by atoms with Gasteiger partial charge in [0.25, 0.3) is 0 Å². The smallest absolute Gasteiger partial charge is 0.0593 e. The molecule has 1 unspecified atom stereocenters. The number of nitrogens with one attached hydrogen (secondary N) is 1. The largest absolute Gasteiger partial charge is 0.379 e. The molecule has 1 rings (SSSR count). The van der Waals surface area contributed by atoms with Gasteiger partial charge >= 0.3 is 0 Å². The molecule has 0 radical (unpaired) electrons. The van der Waals surface area contributed by atoms with Crippen LogP contribution in [0.4, 0.5) is 0 Å². The van der Waals surface area contributed by atoms with E-state index in [-0.39, 0.29) is 0 Å². The lowest BCUT2D eigenvalue weighted by molar-refractivity contribution is 0.118. The highest BCUT2D eigenvalue weighted by Gasteiger charge is 2.06. The summed E-state index contributed by atoms with van der Waals surface area (Å²) >= 11 is 1.86. The highest BCUT2D eigenvalue weighted by atomic mass is 32.1. The molecule has 0 aliphatic rings. The zero-order chi connectivity index (χ0) is 12.7. The van der Waals surface area contributed by atoms with E-state index in [0.717, 1.165) is 26.3 Å². The average molecular weight is 256 g/mol. The normalized spacial score (nSPS) is 13.2. The predicted octanol–water partition coefficient (Wildman–Crippen LogP) is 2.29. The van der Waals surface area contributed by atoms with Crippen molar-refractivity contribution >= 4 is 11.3 Å². The Balaban J connectivity index is 2.06. The summed E-state index contributed by atoms with van der Waals surface area (Å²) in [5.41, 5.74) is 0. The maximum Gasteiger partial charge on any atom is 0.0593 e. The number of aryl methyl sites for hydroxylation is 1. The third-order valence-electron chi connectivity index (χ3n) is 2.57. The molecular formula is C13H24N2OS. The van der Waals surface area contributed by atoms with Crippen LogP contribution in [0.15, 0.2) is 12.1 Å². The molecule has 1 N–H and O–H groups in total. The predicted molar refractivity (Wildman–Crippen MR) is 74.8 cm³/mol. The van der Waals surface area contributed by atoms with E-state index in [1.807, 2.05) is 11.3 Å². The molecule has 0 fully saturated rings. The minimum Gasteiger partial charge on any atom is -0.379 e. The van der Waals surface area contributed by atoms with Gasteiger partial charge in [-0.15, -0.1) is 11.3 Å². The van der Waals surface area contributed by atoms with Gasteiger partial charge in [-0.1, -0.05) is 0 Å². The van der Waals surface area contributed by atoms with E-state index in [1.165, 1.54) is 9.75 Å². The first-order valence-corrected chi connectivity index (χ1v) is 6.93. The van der Waals surface area contributed by atoms with Gasteiger partial charge in [0, 0.05) is 28.9 Å². The van der Waals surface area contributed by atoms with E-state index in [4.69, 9.17) is 4.74 Å². The third-order valence-corrected chi connectivity index (χ3v) is 3.75. The van der Waals surface area contributed by atoms with Gasteiger partial charge in [0.2, 0.25) is 0 Å². The lowest BCUT2D eigenvalue weighted by Crippen LogP contribution is -2.24. The molecule has 0 spiro atoms. The van der Waals surface area contributed by atoms with Crippen LogP contribution in [-0.2, 0) is 4.74 Å². The second kappa shape index (κ2) is 7.82. The van der Waals surface area contributed by atoms with Crippen LogP contribution in [0.5, 0.6) is 0 Å². The SMILES string of the molecule is Cc1ccc(C(C)NCCOCCN(C)C)s1. The van der Waals surface area contributed by atoms with Crippen molar-refractivity contribution < 1.29 is 4.74 Å². The number of likely N-dealkylation sites (N-methyl/N-ethyl adjacent to an activating group) is 1. The van der Waals surface area contributed by atoms with Crippen molar-refractivity contribution in [3.05, 3.63) is 21.9 Å². The van der Waals surface area contributed by atoms with Crippen molar-refractivity contribution in [3.63, 3.8) is 0 Å². The Labute approximate surface area is 109 Å². The number of thiophene rings is 1. The molecule has 0 saturated carbocycles. The van der Waals surface area contributed by atoms with Crippen LogP contribution in [-0.4, -0.2) is 45.3 Å². The summed E-state index contributed by atoms with van der Waals surface area (Å²) in [6, 6.07) is 4.79. The van der Waals surface area contributed by atoms with Crippen LogP contribution in [0, 0.1) is 6.92 Å².